The number of benzene rings is 2. The summed E-state index contributed by atoms with van der Waals surface area (Å²) in [6.45, 7) is 2.46. The van der Waals surface area contributed by atoms with Crippen LogP contribution >= 0.6 is 23.2 Å². The van der Waals surface area contributed by atoms with E-state index in [2.05, 4.69) is 0 Å². The van der Waals surface area contributed by atoms with Crippen LogP contribution in [0.4, 0.5) is 11.4 Å². The highest BCUT2D eigenvalue weighted by Crippen LogP contribution is 2.31. The van der Waals surface area contributed by atoms with Crippen molar-refractivity contribution in [1.29, 1.82) is 0 Å². The second kappa shape index (κ2) is 8.76. The summed E-state index contributed by atoms with van der Waals surface area (Å²) >= 11 is 11.9. The maximum Gasteiger partial charge on any atom is 0.326 e. The predicted octanol–water partition coefficient (Wildman–Crippen LogP) is 3.97. The van der Waals surface area contributed by atoms with E-state index in [9.17, 15) is 23.3 Å². The van der Waals surface area contributed by atoms with Crippen molar-refractivity contribution in [3.8, 4) is 0 Å². The first-order valence-corrected chi connectivity index (χ1v) is 10.2. The molecule has 0 radical (unpaired) electrons. The number of sulfonamides is 1. The number of nitro benzene ring substituents is 1. The number of anilines is 1. The minimum absolute atomic E-state index is 0.0220. The molecule has 0 saturated heterocycles. The highest BCUT2D eigenvalue weighted by Gasteiger charge is 2.30. The van der Waals surface area contributed by atoms with E-state index >= 15 is 0 Å². The van der Waals surface area contributed by atoms with Crippen LogP contribution in [0.1, 0.15) is 12.5 Å². The summed E-state index contributed by atoms with van der Waals surface area (Å²) in [5.41, 5.74) is -0.0400. The van der Waals surface area contributed by atoms with E-state index in [1.807, 2.05) is 0 Å². The van der Waals surface area contributed by atoms with Crippen molar-refractivity contribution >= 4 is 50.6 Å². The van der Waals surface area contributed by atoms with E-state index in [1.54, 1.807) is 6.92 Å². The minimum Gasteiger partial charge on any atom is -0.465 e. The molecule has 0 atom stereocenters. The fourth-order valence-corrected chi connectivity index (χ4v) is 4.32. The molecule has 0 aliphatic carbocycles. The quantitative estimate of drug-likeness (QED) is 0.361. The van der Waals surface area contributed by atoms with Gasteiger partial charge in [-0.25, -0.2) is 8.42 Å². The van der Waals surface area contributed by atoms with Crippen molar-refractivity contribution in [2.75, 3.05) is 17.5 Å². The number of aryl methyl sites for hydroxylation is 1. The van der Waals surface area contributed by atoms with Crippen LogP contribution in [-0.4, -0.2) is 32.5 Å². The Labute approximate surface area is 171 Å². The van der Waals surface area contributed by atoms with E-state index in [-0.39, 0.29) is 32.9 Å². The van der Waals surface area contributed by atoms with Crippen LogP contribution < -0.4 is 4.31 Å². The maximum atomic E-state index is 13.2. The van der Waals surface area contributed by atoms with Crippen molar-refractivity contribution in [3.05, 3.63) is 62.1 Å². The molecule has 0 fully saturated rings. The van der Waals surface area contributed by atoms with Gasteiger partial charge < -0.3 is 4.74 Å². The predicted molar refractivity (Wildman–Crippen MR) is 105 cm³/mol. The van der Waals surface area contributed by atoms with Gasteiger partial charge in [0.15, 0.2) is 0 Å². The fraction of sp³-hybridized carbons (Fsp3) is 0.235. The molecule has 0 saturated carbocycles. The summed E-state index contributed by atoms with van der Waals surface area (Å²) in [6, 6.07) is 7.51. The second-order valence-corrected chi connectivity index (χ2v) is 8.38. The Morgan fingerprint density at radius 1 is 1.18 bits per heavy atom. The first-order valence-electron chi connectivity index (χ1n) is 7.95. The van der Waals surface area contributed by atoms with Crippen molar-refractivity contribution in [2.24, 2.45) is 0 Å². The third-order valence-electron chi connectivity index (χ3n) is 3.68. The zero-order chi connectivity index (χ0) is 21.1. The van der Waals surface area contributed by atoms with E-state index in [0.717, 1.165) is 10.4 Å². The third kappa shape index (κ3) is 4.92. The van der Waals surface area contributed by atoms with Gasteiger partial charge in [0.1, 0.15) is 6.54 Å². The summed E-state index contributed by atoms with van der Waals surface area (Å²) in [4.78, 5) is 22.1. The molecule has 11 heteroatoms. The second-order valence-electron chi connectivity index (χ2n) is 5.65. The number of nitro groups is 1. The van der Waals surface area contributed by atoms with Crippen LogP contribution in [0.25, 0.3) is 0 Å². The Bertz CT molecular complexity index is 1010. The van der Waals surface area contributed by atoms with Gasteiger partial charge in [-0.15, -0.1) is 0 Å². The van der Waals surface area contributed by atoms with Gasteiger partial charge in [0.05, 0.1) is 22.1 Å². The molecule has 0 N–H and O–H groups in total. The average molecular weight is 447 g/mol. The molecular weight excluding hydrogens is 431 g/mol. The molecule has 0 aromatic heterocycles. The molecule has 2 aromatic carbocycles. The van der Waals surface area contributed by atoms with Crippen molar-refractivity contribution < 1.29 is 22.9 Å². The molecular formula is C17H16Cl2N2O6S. The van der Waals surface area contributed by atoms with Crippen LogP contribution in [0.5, 0.6) is 0 Å². The van der Waals surface area contributed by atoms with Gasteiger partial charge in [-0.2, -0.15) is 0 Å². The lowest BCUT2D eigenvalue weighted by molar-refractivity contribution is -0.385. The van der Waals surface area contributed by atoms with Gasteiger partial charge in [0.2, 0.25) is 0 Å². The number of nitrogens with zero attached hydrogens (tertiary/aromatic N) is 2. The zero-order valence-electron chi connectivity index (χ0n) is 14.9. The summed E-state index contributed by atoms with van der Waals surface area (Å²) in [7, 11) is -4.36. The van der Waals surface area contributed by atoms with Crippen LogP contribution in [0.2, 0.25) is 10.0 Å². The van der Waals surface area contributed by atoms with Crippen LogP contribution in [-0.2, 0) is 19.6 Å². The summed E-state index contributed by atoms with van der Waals surface area (Å²) in [6.07, 6.45) is 0. The van der Waals surface area contributed by atoms with Crippen molar-refractivity contribution in [3.63, 3.8) is 0 Å². The lowest BCUT2D eigenvalue weighted by Crippen LogP contribution is -2.36. The van der Waals surface area contributed by atoms with Crippen LogP contribution in [0.15, 0.2) is 41.3 Å². The first-order chi connectivity index (χ1) is 13.1. The van der Waals surface area contributed by atoms with E-state index in [0.29, 0.717) is 5.56 Å². The average Bonchev–Trinajstić information content (AvgIpc) is 2.58. The molecule has 2 aromatic rings. The molecule has 150 valence electrons. The Morgan fingerprint density at radius 2 is 1.79 bits per heavy atom. The van der Waals surface area contributed by atoms with Gasteiger partial charge in [0.25, 0.3) is 15.7 Å². The topological polar surface area (TPSA) is 107 Å². The number of halogens is 2. The van der Waals surface area contributed by atoms with Crippen molar-refractivity contribution in [1.82, 2.24) is 0 Å². The molecule has 28 heavy (non-hydrogen) atoms. The Morgan fingerprint density at radius 3 is 2.32 bits per heavy atom. The van der Waals surface area contributed by atoms with Gasteiger partial charge in [0, 0.05) is 21.7 Å². The summed E-state index contributed by atoms with van der Waals surface area (Å²) < 4.78 is 32.0. The zero-order valence-corrected chi connectivity index (χ0v) is 17.2. The summed E-state index contributed by atoms with van der Waals surface area (Å²) in [5.74, 6) is -0.802. The third-order valence-corrected chi connectivity index (χ3v) is 5.88. The first kappa shape index (κ1) is 21.9. The highest BCUT2D eigenvalue weighted by atomic mass is 35.5. The molecule has 0 amide bonds. The van der Waals surface area contributed by atoms with E-state index in [1.165, 1.54) is 37.3 Å². The standard InChI is InChI=1S/C17H16Cl2N2O6S/c1-3-27-17(22)10-20(14-7-12(18)6-13(19)8-14)28(25,26)15-5-4-11(2)16(9-15)21(23)24/h4-9H,3,10H2,1-2H3. The number of carbonyl (C=O) groups excluding carboxylic acids is 1. The largest absolute Gasteiger partial charge is 0.465 e. The molecule has 0 aliphatic heterocycles. The van der Waals surface area contributed by atoms with Gasteiger partial charge >= 0.3 is 5.97 Å². The molecule has 0 unspecified atom stereocenters. The lowest BCUT2D eigenvalue weighted by Gasteiger charge is -2.24. The summed E-state index contributed by atoms with van der Waals surface area (Å²) in [5, 5.41) is 11.5. The number of ether oxygens (including phenoxy) is 1. The number of hydrogen-bond donors (Lipinski definition) is 0. The van der Waals surface area contributed by atoms with Gasteiger partial charge in [-0.1, -0.05) is 29.3 Å². The number of carbonyl (C=O) groups is 1. The molecule has 0 spiro atoms. The van der Waals surface area contributed by atoms with E-state index < -0.39 is 27.5 Å². The monoisotopic (exact) mass is 446 g/mol. The van der Waals surface area contributed by atoms with Crippen molar-refractivity contribution in [2.45, 2.75) is 18.7 Å². The van der Waals surface area contributed by atoms with Crippen LogP contribution in [0.3, 0.4) is 0 Å². The SMILES string of the molecule is CCOC(=O)CN(c1cc(Cl)cc(Cl)c1)S(=O)(=O)c1ccc(C)c([N+](=O)[O-])c1. The Kier molecular flexibility index (Phi) is 6.87. The molecule has 2 rings (SSSR count). The Balaban J connectivity index is 2.62. The Hall–Kier alpha value is -2.36. The fourth-order valence-electron chi connectivity index (χ4n) is 2.40. The maximum absolute atomic E-state index is 13.2. The smallest absolute Gasteiger partial charge is 0.326 e. The molecule has 0 heterocycles. The molecule has 0 aliphatic rings. The minimum atomic E-state index is -4.36. The van der Waals surface area contributed by atoms with E-state index in [4.69, 9.17) is 27.9 Å². The molecule has 0 bridgehead atoms. The number of esters is 1. The highest BCUT2D eigenvalue weighted by molar-refractivity contribution is 7.92. The van der Waals surface area contributed by atoms with Crippen LogP contribution in [0, 0.1) is 17.0 Å². The van der Waals surface area contributed by atoms with Gasteiger partial charge in [-0.05, 0) is 38.1 Å². The normalized spacial score (nSPS) is 11.1. The lowest BCUT2D eigenvalue weighted by atomic mass is 10.2. The number of rotatable bonds is 7. The van der Waals surface area contributed by atoms with Gasteiger partial charge in [-0.3, -0.25) is 19.2 Å². The number of hydrogen-bond acceptors (Lipinski definition) is 6. The molecule has 8 nitrogen and oxygen atoms in total.